The molecule has 0 amide bonds. The molecule has 0 aliphatic heterocycles. The van der Waals surface area contributed by atoms with E-state index < -0.39 is 0 Å². The third-order valence-electron chi connectivity index (χ3n) is 3.90. The third kappa shape index (κ3) is 3.23. The Hall–Kier alpha value is -1.31. The van der Waals surface area contributed by atoms with Crippen LogP contribution in [-0.4, -0.2) is 6.04 Å². The summed E-state index contributed by atoms with van der Waals surface area (Å²) in [7, 11) is 0. The highest BCUT2D eigenvalue weighted by Gasteiger charge is 2.20. The van der Waals surface area contributed by atoms with Gasteiger partial charge in [0, 0.05) is 17.6 Å². The van der Waals surface area contributed by atoms with Crippen molar-refractivity contribution >= 4 is 11.6 Å². The average molecular weight is 286 g/mol. The van der Waals surface area contributed by atoms with Gasteiger partial charge in [-0.25, -0.2) is 0 Å². The molecule has 0 aromatic heterocycles. The fraction of sp³-hybridized carbons (Fsp3) is 0.333. The molecule has 2 aromatic carbocycles. The van der Waals surface area contributed by atoms with Crippen LogP contribution in [0.25, 0.3) is 11.1 Å². The normalized spacial score (nSPS) is 14.5. The van der Waals surface area contributed by atoms with Crippen LogP contribution in [0.1, 0.15) is 30.9 Å². The van der Waals surface area contributed by atoms with E-state index in [1.807, 2.05) is 6.07 Å². The Labute approximate surface area is 126 Å². The van der Waals surface area contributed by atoms with Crippen LogP contribution in [-0.2, 0) is 13.0 Å². The maximum Gasteiger partial charge on any atom is 0.0451 e. The van der Waals surface area contributed by atoms with Gasteiger partial charge in [-0.3, -0.25) is 0 Å². The second-order valence-corrected chi connectivity index (χ2v) is 5.92. The summed E-state index contributed by atoms with van der Waals surface area (Å²) in [5.74, 6) is 0. The fourth-order valence-electron chi connectivity index (χ4n) is 2.36. The van der Waals surface area contributed by atoms with Crippen LogP contribution in [0.15, 0.2) is 42.5 Å². The first kappa shape index (κ1) is 13.7. The number of aryl methyl sites for hydroxylation is 1. The van der Waals surface area contributed by atoms with E-state index in [1.54, 1.807) is 0 Å². The van der Waals surface area contributed by atoms with Crippen LogP contribution >= 0.6 is 11.6 Å². The highest BCUT2D eigenvalue weighted by molar-refractivity contribution is 6.31. The summed E-state index contributed by atoms with van der Waals surface area (Å²) >= 11 is 6.30. The molecule has 104 valence electrons. The van der Waals surface area contributed by atoms with Gasteiger partial charge in [0.1, 0.15) is 0 Å². The molecule has 1 fully saturated rings. The van der Waals surface area contributed by atoms with Crippen molar-refractivity contribution in [3.63, 3.8) is 0 Å². The first-order chi connectivity index (χ1) is 9.76. The van der Waals surface area contributed by atoms with Crippen LogP contribution in [0.4, 0.5) is 0 Å². The van der Waals surface area contributed by atoms with Gasteiger partial charge >= 0.3 is 0 Å². The van der Waals surface area contributed by atoms with Crippen molar-refractivity contribution in [1.29, 1.82) is 0 Å². The summed E-state index contributed by atoms with van der Waals surface area (Å²) in [6.07, 6.45) is 3.68. The Morgan fingerprint density at radius 1 is 1.05 bits per heavy atom. The minimum atomic E-state index is 0.707. The molecule has 0 saturated heterocycles. The van der Waals surface area contributed by atoms with E-state index in [0.29, 0.717) is 6.04 Å². The van der Waals surface area contributed by atoms with Crippen molar-refractivity contribution in [3.8, 4) is 11.1 Å². The van der Waals surface area contributed by atoms with Gasteiger partial charge in [0.25, 0.3) is 0 Å². The van der Waals surface area contributed by atoms with E-state index in [9.17, 15) is 0 Å². The Morgan fingerprint density at radius 3 is 2.40 bits per heavy atom. The van der Waals surface area contributed by atoms with Crippen molar-refractivity contribution in [3.05, 3.63) is 58.6 Å². The lowest BCUT2D eigenvalue weighted by Gasteiger charge is -2.09. The molecule has 2 aromatic rings. The lowest BCUT2D eigenvalue weighted by molar-refractivity contribution is 0.688. The Balaban J connectivity index is 1.82. The monoisotopic (exact) mass is 285 g/mol. The van der Waals surface area contributed by atoms with Gasteiger partial charge in [-0.15, -0.1) is 0 Å². The van der Waals surface area contributed by atoms with Crippen molar-refractivity contribution in [2.75, 3.05) is 0 Å². The first-order valence-electron chi connectivity index (χ1n) is 7.37. The molecular weight excluding hydrogens is 266 g/mol. The van der Waals surface area contributed by atoms with Crippen LogP contribution in [0.3, 0.4) is 0 Å². The largest absolute Gasteiger partial charge is 0.310 e. The molecule has 1 nitrogen and oxygen atoms in total. The second-order valence-electron chi connectivity index (χ2n) is 5.51. The molecule has 0 radical (unpaired) electrons. The van der Waals surface area contributed by atoms with E-state index in [1.165, 1.54) is 35.1 Å². The van der Waals surface area contributed by atoms with Crippen molar-refractivity contribution < 1.29 is 0 Å². The molecule has 3 rings (SSSR count). The van der Waals surface area contributed by atoms with Crippen LogP contribution in [0.2, 0.25) is 5.02 Å². The lowest BCUT2D eigenvalue weighted by atomic mass is 10.0. The van der Waals surface area contributed by atoms with Crippen molar-refractivity contribution in [1.82, 2.24) is 5.32 Å². The van der Waals surface area contributed by atoms with E-state index in [2.05, 4.69) is 48.6 Å². The number of hydrogen-bond acceptors (Lipinski definition) is 1. The second kappa shape index (κ2) is 5.99. The van der Waals surface area contributed by atoms with Gasteiger partial charge in [0.15, 0.2) is 0 Å². The number of rotatable bonds is 5. The molecule has 2 heteroatoms. The maximum absolute atomic E-state index is 6.30. The predicted molar refractivity (Wildman–Crippen MR) is 86.1 cm³/mol. The maximum atomic E-state index is 6.30. The molecule has 20 heavy (non-hydrogen) atoms. The van der Waals surface area contributed by atoms with Crippen LogP contribution < -0.4 is 5.32 Å². The summed E-state index contributed by atoms with van der Waals surface area (Å²) in [6, 6.07) is 15.8. The quantitative estimate of drug-likeness (QED) is 0.830. The molecule has 0 bridgehead atoms. The van der Waals surface area contributed by atoms with Gasteiger partial charge in [-0.2, -0.15) is 0 Å². The number of nitrogens with one attached hydrogen (secondary N) is 1. The number of benzene rings is 2. The van der Waals surface area contributed by atoms with Gasteiger partial charge < -0.3 is 5.32 Å². The van der Waals surface area contributed by atoms with Crippen LogP contribution in [0, 0.1) is 0 Å². The Kier molecular flexibility index (Phi) is 4.09. The average Bonchev–Trinajstić information content (AvgIpc) is 3.31. The zero-order valence-electron chi connectivity index (χ0n) is 11.8. The minimum Gasteiger partial charge on any atom is -0.310 e. The highest BCUT2D eigenvalue weighted by atomic mass is 35.5. The van der Waals surface area contributed by atoms with Gasteiger partial charge in [0.2, 0.25) is 0 Å². The van der Waals surface area contributed by atoms with Crippen LogP contribution in [0.5, 0.6) is 0 Å². The van der Waals surface area contributed by atoms with Crippen molar-refractivity contribution in [2.45, 2.75) is 38.8 Å². The molecule has 1 N–H and O–H groups in total. The number of hydrogen-bond donors (Lipinski definition) is 1. The predicted octanol–water partition coefficient (Wildman–Crippen LogP) is 4.82. The van der Waals surface area contributed by atoms with Crippen molar-refractivity contribution in [2.24, 2.45) is 0 Å². The summed E-state index contributed by atoms with van der Waals surface area (Å²) in [4.78, 5) is 0. The Morgan fingerprint density at radius 2 is 1.75 bits per heavy atom. The summed E-state index contributed by atoms with van der Waals surface area (Å²) < 4.78 is 0. The number of halogens is 1. The smallest absolute Gasteiger partial charge is 0.0451 e. The summed E-state index contributed by atoms with van der Waals surface area (Å²) in [5.41, 5.74) is 5.06. The van der Waals surface area contributed by atoms with Gasteiger partial charge in [-0.1, -0.05) is 48.9 Å². The summed E-state index contributed by atoms with van der Waals surface area (Å²) in [5, 5.41) is 4.38. The minimum absolute atomic E-state index is 0.707. The zero-order chi connectivity index (χ0) is 13.9. The summed E-state index contributed by atoms with van der Waals surface area (Å²) in [6.45, 7) is 3.04. The molecular formula is C18H20ClN. The van der Waals surface area contributed by atoms with Gasteiger partial charge in [0.05, 0.1) is 0 Å². The molecule has 0 unspecified atom stereocenters. The van der Waals surface area contributed by atoms with Gasteiger partial charge in [-0.05, 0) is 53.6 Å². The molecule has 1 saturated carbocycles. The lowest BCUT2D eigenvalue weighted by Crippen LogP contribution is -2.15. The molecule has 1 aliphatic carbocycles. The van der Waals surface area contributed by atoms with E-state index in [0.717, 1.165) is 18.0 Å². The molecule has 0 heterocycles. The standard InChI is InChI=1S/C18H20ClN/c1-2-13-3-5-14(6-4-13)15-7-10-18(19)16(11-15)12-20-17-8-9-17/h3-7,10-11,17,20H,2,8-9,12H2,1H3. The van der Waals surface area contributed by atoms with E-state index in [-0.39, 0.29) is 0 Å². The highest BCUT2D eigenvalue weighted by Crippen LogP contribution is 2.27. The third-order valence-corrected chi connectivity index (χ3v) is 4.27. The molecule has 1 aliphatic rings. The topological polar surface area (TPSA) is 12.0 Å². The van der Waals surface area contributed by atoms with E-state index in [4.69, 9.17) is 11.6 Å². The molecule has 0 spiro atoms. The molecule has 0 atom stereocenters. The first-order valence-corrected chi connectivity index (χ1v) is 7.75. The fourth-order valence-corrected chi connectivity index (χ4v) is 2.55. The zero-order valence-corrected chi connectivity index (χ0v) is 12.6. The van der Waals surface area contributed by atoms with E-state index >= 15 is 0 Å². The Bertz CT molecular complexity index is 585. The SMILES string of the molecule is CCc1ccc(-c2ccc(Cl)c(CNC3CC3)c2)cc1.